The molecule has 0 saturated heterocycles. The van der Waals surface area contributed by atoms with E-state index in [9.17, 15) is 12.8 Å². The number of nitrogens with one attached hydrogen (secondary N) is 1. The van der Waals surface area contributed by atoms with Gasteiger partial charge in [-0.2, -0.15) is 0 Å². The Hall–Kier alpha value is -1.59. The maximum atomic E-state index is 13.9. The maximum Gasteiger partial charge on any atom is 0.151 e. The first-order valence-corrected chi connectivity index (χ1v) is 8.72. The van der Waals surface area contributed by atoms with Crippen molar-refractivity contribution in [3.05, 3.63) is 64.4 Å². The van der Waals surface area contributed by atoms with Crippen LogP contribution in [-0.2, 0) is 22.1 Å². The monoisotopic (exact) mass is 327 g/mol. The van der Waals surface area contributed by atoms with Crippen LogP contribution in [0.2, 0.25) is 5.02 Å². The van der Waals surface area contributed by atoms with E-state index in [0.717, 1.165) is 11.8 Å². The van der Waals surface area contributed by atoms with Crippen LogP contribution >= 0.6 is 11.6 Å². The predicted molar refractivity (Wildman–Crippen MR) is 83.7 cm³/mol. The second-order valence-electron chi connectivity index (χ2n) is 4.82. The fourth-order valence-corrected chi connectivity index (χ4v) is 2.90. The first-order chi connectivity index (χ1) is 9.85. The van der Waals surface area contributed by atoms with Gasteiger partial charge >= 0.3 is 0 Å². The van der Waals surface area contributed by atoms with Crippen molar-refractivity contribution in [3.8, 4) is 0 Å². The lowest BCUT2D eigenvalue weighted by atomic mass is 10.2. The molecule has 21 heavy (non-hydrogen) atoms. The summed E-state index contributed by atoms with van der Waals surface area (Å²) in [5, 5.41) is 3.70. The summed E-state index contributed by atoms with van der Waals surface area (Å²) in [6.45, 7) is 0.463. The van der Waals surface area contributed by atoms with Gasteiger partial charge in [-0.15, -0.1) is 0 Å². The minimum absolute atomic E-state index is 0.167. The van der Waals surface area contributed by atoms with E-state index in [1.807, 2.05) is 18.2 Å². The SMILES string of the molecule is CS(=O)(=O)Cc1ccc(NCc2ccccc2Cl)cc1F. The largest absolute Gasteiger partial charge is 0.381 e. The van der Waals surface area contributed by atoms with E-state index in [1.165, 1.54) is 12.1 Å². The highest BCUT2D eigenvalue weighted by atomic mass is 35.5. The average molecular weight is 328 g/mol. The normalized spacial score (nSPS) is 11.4. The molecular formula is C15H15ClFNO2S. The minimum Gasteiger partial charge on any atom is -0.381 e. The van der Waals surface area contributed by atoms with Gasteiger partial charge in [0.25, 0.3) is 0 Å². The summed E-state index contributed by atoms with van der Waals surface area (Å²) in [5.74, 6) is -0.839. The van der Waals surface area contributed by atoms with E-state index in [0.29, 0.717) is 17.3 Å². The maximum absolute atomic E-state index is 13.9. The summed E-state index contributed by atoms with van der Waals surface area (Å²) in [4.78, 5) is 0. The average Bonchev–Trinajstić information content (AvgIpc) is 2.39. The Morgan fingerprint density at radius 3 is 2.48 bits per heavy atom. The van der Waals surface area contributed by atoms with E-state index >= 15 is 0 Å². The van der Waals surface area contributed by atoms with Gasteiger partial charge in [-0.1, -0.05) is 35.9 Å². The van der Waals surface area contributed by atoms with Gasteiger partial charge in [-0.3, -0.25) is 0 Å². The summed E-state index contributed by atoms with van der Waals surface area (Å²) >= 11 is 6.04. The molecular weight excluding hydrogens is 313 g/mol. The van der Waals surface area contributed by atoms with Gasteiger partial charge in [-0.05, 0) is 23.8 Å². The molecule has 0 bridgehead atoms. The van der Waals surface area contributed by atoms with Crippen molar-refractivity contribution in [2.24, 2.45) is 0 Å². The first-order valence-electron chi connectivity index (χ1n) is 6.28. The van der Waals surface area contributed by atoms with Crippen LogP contribution in [-0.4, -0.2) is 14.7 Å². The molecule has 0 heterocycles. The lowest BCUT2D eigenvalue weighted by molar-refractivity contribution is 0.592. The van der Waals surface area contributed by atoms with Crippen LogP contribution in [0.4, 0.5) is 10.1 Å². The van der Waals surface area contributed by atoms with Crippen molar-refractivity contribution in [2.45, 2.75) is 12.3 Å². The highest BCUT2D eigenvalue weighted by molar-refractivity contribution is 7.89. The van der Waals surface area contributed by atoms with Crippen LogP contribution in [0.5, 0.6) is 0 Å². The Kier molecular flexibility index (Phi) is 4.85. The van der Waals surface area contributed by atoms with Gasteiger partial charge in [-0.25, -0.2) is 12.8 Å². The summed E-state index contributed by atoms with van der Waals surface area (Å²) < 4.78 is 36.2. The smallest absolute Gasteiger partial charge is 0.151 e. The van der Waals surface area contributed by atoms with Crippen molar-refractivity contribution >= 4 is 27.1 Å². The number of hydrogen-bond donors (Lipinski definition) is 1. The molecule has 0 fully saturated rings. The molecule has 112 valence electrons. The number of anilines is 1. The first kappa shape index (κ1) is 15.8. The summed E-state index contributed by atoms with van der Waals surface area (Å²) in [6.07, 6.45) is 1.08. The lowest BCUT2D eigenvalue weighted by Crippen LogP contribution is -2.05. The summed E-state index contributed by atoms with van der Waals surface area (Å²) in [6, 6.07) is 11.8. The van der Waals surface area contributed by atoms with Crippen LogP contribution < -0.4 is 5.32 Å². The second kappa shape index (κ2) is 6.45. The molecule has 0 amide bonds. The van der Waals surface area contributed by atoms with E-state index in [1.54, 1.807) is 12.1 Å². The van der Waals surface area contributed by atoms with Crippen LogP contribution in [0.3, 0.4) is 0 Å². The topological polar surface area (TPSA) is 46.2 Å². The number of hydrogen-bond acceptors (Lipinski definition) is 3. The van der Waals surface area contributed by atoms with Crippen LogP contribution in [0.25, 0.3) is 0 Å². The van der Waals surface area contributed by atoms with Gasteiger partial charge in [0.1, 0.15) is 5.82 Å². The van der Waals surface area contributed by atoms with Crippen LogP contribution in [0, 0.1) is 5.82 Å². The minimum atomic E-state index is -3.25. The van der Waals surface area contributed by atoms with Crippen molar-refractivity contribution in [1.82, 2.24) is 0 Å². The number of rotatable bonds is 5. The molecule has 0 radical (unpaired) electrons. The van der Waals surface area contributed by atoms with Crippen molar-refractivity contribution in [3.63, 3.8) is 0 Å². The molecule has 2 rings (SSSR count). The zero-order valence-electron chi connectivity index (χ0n) is 11.4. The van der Waals surface area contributed by atoms with Gasteiger partial charge in [0.2, 0.25) is 0 Å². The van der Waals surface area contributed by atoms with E-state index in [-0.39, 0.29) is 11.3 Å². The fraction of sp³-hybridized carbons (Fsp3) is 0.200. The van der Waals surface area contributed by atoms with Crippen molar-refractivity contribution in [1.29, 1.82) is 0 Å². The molecule has 0 aromatic heterocycles. The van der Waals surface area contributed by atoms with E-state index < -0.39 is 15.7 Å². The molecule has 0 aliphatic heterocycles. The predicted octanol–water partition coefficient (Wildman–Crippen LogP) is 3.64. The third-order valence-electron chi connectivity index (χ3n) is 2.91. The highest BCUT2D eigenvalue weighted by Crippen LogP contribution is 2.19. The highest BCUT2D eigenvalue weighted by Gasteiger charge is 2.10. The van der Waals surface area contributed by atoms with Gasteiger partial charge in [0.15, 0.2) is 9.84 Å². The van der Waals surface area contributed by atoms with Crippen LogP contribution in [0.1, 0.15) is 11.1 Å². The van der Waals surface area contributed by atoms with E-state index in [4.69, 9.17) is 11.6 Å². The second-order valence-corrected chi connectivity index (χ2v) is 7.37. The zero-order chi connectivity index (χ0) is 15.5. The van der Waals surface area contributed by atoms with E-state index in [2.05, 4.69) is 5.32 Å². The summed E-state index contributed by atoms with van der Waals surface area (Å²) in [7, 11) is -3.25. The lowest BCUT2D eigenvalue weighted by Gasteiger charge is -2.09. The molecule has 0 saturated carbocycles. The Morgan fingerprint density at radius 1 is 1.14 bits per heavy atom. The molecule has 3 nitrogen and oxygen atoms in total. The molecule has 1 N–H and O–H groups in total. The molecule has 2 aromatic rings. The fourth-order valence-electron chi connectivity index (χ4n) is 1.90. The van der Waals surface area contributed by atoms with Crippen molar-refractivity contribution < 1.29 is 12.8 Å². The number of sulfone groups is 1. The zero-order valence-corrected chi connectivity index (χ0v) is 13.0. The van der Waals surface area contributed by atoms with Gasteiger partial charge in [0.05, 0.1) is 5.75 Å². The van der Waals surface area contributed by atoms with Crippen molar-refractivity contribution in [2.75, 3.05) is 11.6 Å². The van der Waals surface area contributed by atoms with Crippen LogP contribution in [0.15, 0.2) is 42.5 Å². The molecule has 2 aromatic carbocycles. The molecule has 0 unspecified atom stereocenters. The Morgan fingerprint density at radius 2 is 1.86 bits per heavy atom. The van der Waals surface area contributed by atoms with Gasteiger partial charge in [0, 0.05) is 29.1 Å². The quantitative estimate of drug-likeness (QED) is 0.912. The molecule has 0 aliphatic rings. The third kappa shape index (κ3) is 4.72. The summed E-state index contributed by atoms with van der Waals surface area (Å²) in [5.41, 5.74) is 1.64. The number of halogens is 2. The molecule has 6 heteroatoms. The number of benzene rings is 2. The molecule has 0 aliphatic carbocycles. The Balaban J connectivity index is 2.09. The Bertz CT molecular complexity index is 747. The van der Waals surface area contributed by atoms with Gasteiger partial charge < -0.3 is 5.32 Å². The molecule has 0 spiro atoms. The standard InChI is InChI=1S/C15H15ClFNO2S/c1-21(19,20)10-12-6-7-13(8-15(12)17)18-9-11-4-2-3-5-14(11)16/h2-8,18H,9-10H2,1H3. The molecule has 0 atom stereocenters. The third-order valence-corrected chi connectivity index (χ3v) is 4.12. The Labute approximate surface area is 128 Å².